The van der Waals surface area contributed by atoms with E-state index in [1.54, 1.807) is 17.4 Å². The van der Waals surface area contributed by atoms with Crippen LogP contribution in [0.25, 0.3) is 0 Å². The van der Waals surface area contributed by atoms with Crippen molar-refractivity contribution in [2.24, 2.45) is 5.92 Å². The van der Waals surface area contributed by atoms with Gasteiger partial charge in [0.1, 0.15) is 0 Å². The van der Waals surface area contributed by atoms with Crippen LogP contribution in [0.5, 0.6) is 0 Å². The van der Waals surface area contributed by atoms with E-state index in [1.807, 2.05) is 18.4 Å². The van der Waals surface area contributed by atoms with Gasteiger partial charge in [-0.05, 0) is 44.7 Å². The fraction of sp³-hybridized carbons (Fsp3) is 0.500. The Balaban J connectivity index is 1.34. The van der Waals surface area contributed by atoms with E-state index in [0.717, 1.165) is 18.2 Å². The summed E-state index contributed by atoms with van der Waals surface area (Å²) in [6, 6.07) is 4.32. The number of nitrogens with one attached hydrogen (secondary N) is 2. The molecule has 0 bridgehead atoms. The molecule has 6 heteroatoms. The number of aromatic nitrogens is 1. The lowest BCUT2D eigenvalue weighted by Crippen LogP contribution is -2.20. The molecule has 1 amide bonds. The van der Waals surface area contributed by atoms with E-state index < -0.39 is 0 Å². The first-order valence-corrected chi connectivity index (χ1v) is 8.63. The van der Waals surface area contributed by atoms with Crippen molar-refractivity contribution in [3.63, 3.8) is 0 Å². The molecule has 2 N–H and O–H groups in total. The Bertz CT molecular complexity index is 689. The maximum Gasteiger partial charge on any atom is 0.258 e. The Labute approximate surface area is 133 Å². The normalized spacial score (nSPS) is 23.5. The van der Waals surface area contributed by atoms with E-state index in [-0.39, 0.29) is 5.91 Å². The van der Waals surface area contributed by atoms with Crippen molar-refractivity contribution in [2.75, 3.05) is 11.9 Å². The Hall–Kier alpha value is -1.66. The number of thiophene rings is 1. The molecule has 2 fully saturated rings. The van der Waals surface area contributed by atoms with Gasteiger partial charge in [-0.25, -0.2) is 0 Å². The van der Waals surface area contributed by atoms with Gasteiger partial charge in [0.05, 0.1) is 11.3 Å². The van der Waals surface area contributed by atoms with Gasteiger partial charge in [-0.3, -0.25) is 10.1 Å². The highest BCUT2D eigenvalue weighted by molar-refractivity contribution is 7.10. The first-order chi connectivity index (χ1) is 10.7. The number of carbonyl (C=O) groups excluding carboxylic acids is 1. The van der Waals surface area contributed by atoms with Gasteiger partial charge in [0, 0.05) is 28.3 Å². The Kier molecular flexibility index (Phi) is 3.50. The minimum absolute atomic E-state index is 0.137. The van der Waals surface area contributed by atoms with Gasteiger partial charge in [-0.2, -0.15) is 0 Å². The molecule has 2 aliphatic rings. The Morgan fingerprint density at radius 1 is 1.45 bits per heavy atom. The van der Waals surface area contributed by atoms with Gasteiger partial charge < -0.3 is 9.84 Å². The van der Waals surface area contributed by atoms with Crippen molar-refractivity contribution >= 4 is 23.1 Å². The zero-order valence-electron chi connectivity index (χ0n) is 12.5. The minimum atomic E-state index is -0.137. The lowest BCUT2D eigenvalue weighted by molar-refractivity contribution is 0.102. The molecule has 5 nitrogen and oxygen atoms in total. The average Bonchev–Trinajstić information content (AvgIpc) is 3.38. The highest BCUT2D eigenvalue weighted by Gasteiger charge is 2.40. The number of rotatable bonds is 6. The van der Waals surface area contributed by atoms with Crippen LogP contribution in [0, 0.1) is 12.8 Å². The number of hydrogen-bond acceptors (Lipinski definition) is 5. The van der Waals surface area contributed by atoms with Gasteiger partial charge in [0.25, 0.3) is 5.91 Å². The summed E-state index contributed by atoms with van der Waals surface area (Å²) in [5, 5.41) is 12.0. The van der Waals surface area contributed by atoms with E-state index in [4.69, 9.17) is 4.52 Å². The molecule has 2 unspecified atom stereocenters. The molecule has 116 valence electrons. The van der Waals surface area contributed by atoms with Crippen molar-refractivity contribution in [1.29, 1.82) is 0 Å². The van der Waals surface area contributed by atoms with Crippen LogP contribution < -0.4 is 10.6 Å². The van der Waals surface area contributed by atoms with Crippen LogP contribution in [0.2, 0.25) is 0 Å². The second kappa shape index (κ2) is 5.52. The lowest BCUT2D eigenvalue weighted by atomic mass is 10.2. The van der Waals surface area contributed by atoms with Crippen molar-refractivity contribution in [3.8, 4) is 0 Å². The topological polar surface area (TPSA) is 67.2 Å². The summed E-state index contributed by atoms with van der Waals surface area (Å²) in [5.74, 6) is 1.75. The van der Waals surface area contributed by atoms with Crippen LogP contribution in [0.3, 0.4) is 0 Å². The molecule has 2 aliphatic carbocycles. The van der Waals surface area contributed by atoms with Crippen LogP contribution in [0.15, 0.2) is 22.0 Å². The number of carbonyl (C=O) groups is 1. The largest absolute Gasteiger partial charge is 0.338 e. The van der Waals surface area contributed by atoms with Gasteiger partial charge in [-0.15, -0.1) is 11.3 Å². The number of anilines is 1. The second-order valence-corrected chi connectivity index (χ2v) is 7.27. The van der Waals surface area contributed by atoms with Gasteiger partial charge in [-0.1, -0.05) is 5.16 Å². The molecule has 2 heterocycles. The summed E-state index contributed by atoms with van der Waals surface area (Å²) in [5.41, 5.74) is 1.45. The maximum absolute atomic E-state index is 12.2. The van der Waals surface area contributed by atoms with E-state index in [9.17, 15) is 4.79 Å². The van der Waals surface area contributed by atoms with Crippen LogP contribution in [0.1, 0.15) is 46.1 Å². The van der Waals surface area contributed by atoms with E-state index >= 15 is 0 Å². The van der Waals surface area contributed by atoms with Crippen molar-refractivity contribution < 1.29 is 9.32 Å². The molecule has 0 aliphatic heterocycles. The van der Waals surface area contributed by atoms with Gasteiger partial charge in [0.2, 0.25) is 5.88 Å². The Morgan fingerprint density at radius 3 is 3.05 bits per heavy atom. The molecule has 0 aromatic carbocycles. The van der Waals surface area contributed by atoms with Crippen LogP contribution in [-0.4, -0.2) is 23.7 Å². The highest BCUT2D eigenvalue weighted by atomic mass is 32.1. The molecule has 0 saturated heterocycles. The molecular weight excluding hydrogens is 298 g/mol. The molecule has 4 rings (SSSR count). The highest BCUT2D eigenvalue weighted by Crippen LogP contribution is 2.44. The first kappa shape index (κ1) is 14.0. The van der Waals surface area contributed by atoms with Gasteiger partial charge >= 0.3 is 0 Å². The zero-order valence-corrected chi connectivity index (χ0v) is 13.3. The number of hydrogen-bond donors (Lipinski definition) is 2. The van der Waals surface area contributed by atoms with E-state index in [1.165, 1.54) is 24.1 Å². The summed E-state index contributed by atoms with van der Waals surface area (Å²) in [4.78, 5) is 13.5. The molecule has 2 aromatic rings. The minimum Gasteiger partial charge on any atom is -0.338 e. The van der Waals surface area contributed by atoms with Crippen LogP contribution >= 0.6 is 11.3 Å². The van der Waals surface area contributed by atoms with E-state index in [2.05, 4.69) is 15.8 Å². The fourth-order valence-corrected chi connectivity index (χ4v) is 3.72. The van der Waals surface area contributed by atoms with Crippen molar-refractivity contribution in [2.45, 2.75) is 38.1 Å². The number of aryl methyl sites for hydroxylation is 1. The predicted molar refractivity (Wildman–Crippen MR) is 85.4 cm³/mol. The van der Waals surface area contributed by atoms with E-state index in [0.29, 0.717) is 23.4 Å². The smallest absolute Gasteiger partial charge is 0.258 e. The third-order valence-electron chi connectivity index (χ3n) is 4.27. The van der Waals surface area contributed by atoms with Crippen LogP contribution in [0.4, 0.5) is 5.88 Å². The average molecular weight is 317 g/mol. The molecule has 0 spiro atoms. The fourth-order valence-electron chi connectivity index (χ4n) is 2.65. The van der Waals surface area contributed by atoms with Gasteiger partial charge in [0.15, 0.2) is 0 Å². The molecule has 0 radical (unpaired) electrons. The predicted octanol–water partition coefficient (Wildman–Crippen LogP) is 3.15. The standard InChI is InChI=1S/C16H19N3O2S/c1-9-4-15(21-19-9)18-16(20)11-5-14(22-8-11)12-6-13(12)17-7-10-2-3-10/h4-5,8,10,12-13,17H,2-3,6-7H2,1H3,(H,18,20). The SMILES string of the molecule is Cc1cc(NC(=O)c2csc(C3CC3NCC3CC3)c2)on1. The number of amides is 1. The molecule has 2 aromatic heterocycles. The number of nitrogens with zero attached hydrogens (tertiary/aromatic N) is 1. The zero-order chi connectivity index (χ0) is 15.1. The molecule has 22 heavy (non-hydrogen) atoms. The first-order valence-electron chi connectivity index (χ1n) is 7.75. The third kappa shape index (κ3) is 3.08. The summed E-state index contributed by atoms with van der Waals surface area (Å²) >= 11 is 1.67. The molecular formula is C16H19N3O2S. The maximum atomic E-state index is 12.2. The molecule has 2 atom stereocenters. The third-order valence-corrected chi connectivity index (χ3v) is 5.33. The second-order valence-electron chi connectivity index (χ2n) is 6.32. The van der Waals surface area contributed by atoms with Crippen molar-refractivity contribution in [1.82, 2.24) is 10.5 Å². The van der Waals surface area contributed by atoms with Crippen molar-refractivity contribution in [3.05, 3.63) is 33.6 Å². The quantitative estimate of drug-likeness (QED) is 0.859. The summed E-state index contributed by atoms with van der Waals surface area (Å²) < 4.78 is 5.01. The lowest BCUT2D eigenvalue weighted by Gasteiger charge is -2.00. The Morgan fingerprint density at radius 2 is 2.32 bits per heavy atom. The summed E-state index contributed by atoms with van der Waals surface area (Å²) in [7, 11) is 0. The van der Waals surface area contributed by atoms with Crippen LogP contribution in [-0.2, 0) is 0 Å². The summed E-state index contributed by atoms with van der Waals surface area (Å²) in [6.45, 7) is 2.98. The molecule has 2 saturated carbocycles. The summed E-state index contributed by atoms with van der Waals surface area (Å²) in [6.07, 6.45) is 3.96. The monoisotopic (exact) mass is 317 g/mol.